The Kier molecular flexibility index (Phi) is 8.88. The van der Waals surface area contributed by atoms with Crippen LogP contribution in [0.15, 0.2) is 60.7 Å². The van der Waals surface area contributed by atoms with Crippen molar-refractivity contribution in [1.82, 2.24) is 4.90 Å². The SMILES string of the molecule is COc1cc(CO)ccc1OCCCN1CCC(C(c2ccc(F)cc2)c2ccc(F)c(F)c2)CC1. The predicted molar refractivity (Wildman–Crippen MR) is 133 cm³/mol. The van der Waals surface area contributed by atoms with Gasteiger partial charge in [0.15, 0.2) is 23.1 Å². The van der Waals surface area contributed by atoms with Crippen molar-refractivity contribution in [2.75, 3.05) is 33.4 Å². The minimum atomic E-state index is -0.865. The number of aliphatic hydroxyl groups excluding tert-OH is 1. The molecule has 3 aromatic rings. The van der Waals surface area contributed by atoms with Crippen molar-refractivity contribution >= 4 is 0 Å². The summed E-state index contributed by atoms with van der Waals surface area (Å²) in [5.74, 6) is -0.673. The van der Waals surface area contributed by atoms with Crippen LogP contribution in [0.2, 0.25) is 0 Å². The Labute approximate surface area is 210 Å². The number of ether oxygens (including phenoxy) is 2. The number of rotatable bonds is 10. The van der Waals surface area contributed by atoms with Gasteiger partial charge in [0, 0.05) is 12.5 Å². The maximum atomic E-state index is 14.1. The van der Waals surface area contributed by atoms with Crippen LogP contribution in [0.5, 0.6) is 11.5 Å². The molecule has 1 saturated heterocycles. The van der Waals surface area contributed by atoms with E-state index in [0.717, 1.165) is 50.0 Å². The average molecular weight is 500 g/mol. The molecule has 4 nitrogen and oxygen atoms in total. The van der Waals surface area contributed by atoms with Crippen LogP contribution in [-0.4, -0.2) is 43.4 Å². The van der Waals surface area contributed by atoms with Gasteiger partial charge in [-0.25, -0.2) is 13.2 Å². The fourth-order valence-corrected chi connectivity index (χ4v) is 5.02. The number of hydrogen-bond donors (Lipinski definition) is 1. The molecule has 1 aliphatic heterocycles. The normalized spacial score (nSPS) is 15.6. The van der Waals surface area contributed by atoms with Crippen molar-refractivity contribution in [2.24, 2.45) is 5.92 Å². The summed E-state index contributed by atoms with van der Waals surface area (Å²) in [7, 11) is 1.58. The molecule has 192 valence electrons. The first-order valence-electron chi connectivity index (χ1n) is 12.3. The Hall–Kier alpha value is -3.03. The molecule has 0 bridgehead atoms. The maximum absolute atomic E-state index is 14.1. The number of benzene rings is 3. The minimum absolute atomic E-state index is 0.0509. The van der Waals surface area contributed by atoms with Gasteiger partial charge in [-0.3, -0.25) is 0 Å². The highest BCUT2D eigenvalue weighted by molar-refractivity contribution is 5.42. The highest BCUT2D eigenvalue weighted by Crippen LogP contribution is 2.38. The van der Waals surface area contributed by atoms with E-state index in [1.165, 1.54) is 24.3 Å². The highest BCUT2D eigenvalue weighted by atomic mass is 19.2. The van der Waals surface area contributed by atoms with Gasteiger partial charge in [0.05, 0.1) is 20.3 Å². The van der Waals surface area contributed by atoms with Gasteiger partial charge in [0.25, 0.3) is 0 Å². The first-order valence-corrected chi connectivity index (χ1v) is 12.3. The quantitative estimate of drug-likeness (QED) is 0.352. The molecule has 4 rings (SSSR count). The van der Waals surface area contributed by atoms with Gasteiger partial charge < -0.3 is 19.5 Å². The summed E-state index contributed by atoms with van der Waals surface area (Å²) in [5, 5.41) is 9.27. The van der Waals surface area contributed by atoms with E-state index in [1.807, 2.05) is 12.1 Å². The summed E-state index contributed by atoms with van der Waals surface area (Å²) < 4.78 is 52.4. The zero-order chi connectivity index (χ0) is 25.5. The first-order chi connectivity index (χ1) is 17.5. The zero-order valence-electron chi connectivity index (χ0n) is 20.4. The molecule has 1 fully saturated rings. The third kappa shape index (κ3) is 6.39. The largest absolute Gasteiger partial charge is 0.493 e. The molecular formula is C29H32F3NO3. The molecule has 0 saturated carbocycles. The number of aliphatic hydroxyl groups is 1. The molecule has 0 spiro atoms. The fraction of sp³-hybridized carbons (Fsp3) is 0.379. The van der Waals surface area contributed by atoms with Crippen molar-refractivity contribution in [1.29, 1.82) is 0 Å². The lowest BCUT2D eigenvalue weighted by atomic mass is 9.76. The van der Waals surface area contributed by atoms with Gasteiger partial charge >= 0.3 is 0 Å². The lowest BCUT2D eigenvalue weighted by molar-refractivity contribution is 0.162. The fourth-order valence-electron chi connectivity index (χ4n) is 5.02. The van der Waals surface area contributed by atoms with Crippen LogP contribution in [0.4, 0.5) is 13.2 Å². The first kappa shape index (κ1) is 26.0. The van der Waals surface area contributed by atoms with E-state index in [9.17, 15) is 18.3 Å². The summed E-state index contributed by atoms with van der Waals surface area (Å²) in [6, 6.07) is 15.8. The predicted octanol–water partition coefficient (Wildman–Crippen LogP) is 5.92. The van der Waals surface area contributed by atoms with Crippen LogP contribution in [-0.2, 0) is 6.61 Å². The second kappa shape index (κ2) is 12.3. The van der Waals surface area contributed by atoms with Crippen LogP contribution in [0, 0.1) is 23.4 Å². The summed E-state index contributed by atoms with van der Waals surface area (Å²) in [6.45, 7) is 3.16. The zero-order valence-corrected chi connectivity index (χ0v) is 20.4. The van der Waals surface area contributed by atoms with Crippen LogP contribution in [0.1, 0.15) is 41.9 Å². The molecule has 1 N–H and O–H groups in total. The van der Waals surface area contributed by atoms with Crippen molar-refractivity contribution in [3.63, 3.8) is 0 Å². The number of halogens is 3. The van der Waals surface area contributed by atoms with Crippen LogP contribution < -0.4 is 9.47 Å². The number of hydrogen-bond acceptors (Lipinski definition) is 4. The summed E-state index contributed by atoms with van der Waals surface area (Å²) in [6.07, 6.45) is 2.65. The lowest BCUT2D eigenvalue weighted by Crippen LogP contribution is -2.37. The molecular weight excluding hydrogens is 467 g/mol. The number of methoxy groups -OCH3 is 1. The molecule has 0 amide bonds. The lowest BCUT2D eigenvalue weighted by Gasteiger charge is -2.36. The summed E-state index contributed by atoms with van der Waals surface area (Å²) in [5.41, 5.74) is 2.40. The van der Waals surface area contributed by atoms with Gasteiger partial charge in [0.2, 0.25) is 0 Å². The van der Waals surface area contributed by atoms with Crippen molar-refractivity contribution in [3.05, 3.63) is 94.8 Å². The van der Waals surface area contributed by atoms with E-state index >= 15 is 0 Å². The Bertz CT molecular complexity index is 1130. The molecule has 1 atom stereocenters. The van der Waals surface area contributed by atoms with Crippen LogP contribution >= 0.6 is 0 Å². The molecule has 0 radical (unpaired) electrons. The van der Waals surface area contributed by atoms with Gasteiger partial charge in [-0.05, 0) is 91.4 Å². The number of likely N-dealkylation sites (tertiary alicyclic amines) is 1. The third-order valence-corrected chi connectivity index (χ3v) is 6.92. The molecule has 0 aliphatic carbocycles. The molecule has 36 heavy (non-hydrogen) atoms. The Morgan fingerprint density at radius 2 is 1.61 bits per heavy atom. The topological polar surface area (TPSA) is 41.9 Å². The highest BCUT2D eigenvalue weighted by Gasteiger charge is 2.29. The smallest absolute Gasteiger partial charge is 0.161 e. The van der Waals surface area contributed by atoms with Gasteiger partial charge in [-0.15, -0.1) is 0 Å². The standard InChI is InChI=1S/C29H32F3NO3/c1-35-28-17-20(19-34)3-10-27(28)36-16-2-13-33-14-11-22(12-15-33)29(21-4-7-24(30)8-5-21)23-6-9-25(31)26(32)18-23/h3-10,17-18,22,29,34H,2,11-16,19H2,1H3. The molecule has 1 unspecified atom stereocenters. The van der Waals surface area contributed by atoms with Crippen molar-refractivity contribution in [3.8, 4) is 11.5 Å². The van der Waals surface area contributed by atoms with E-state index < -0.39 is 11.6 Å². The van der Waals surface area contributed by atoms with E-state index in [2.05, 4.69) is 4.90 Å². The van der Waals surface area contributed by atoms with E-state index in [-0.39, 0.29) is 24.3 Å². The number of nitrogens with zero attached hydrogens (tertiary/aromatic N) is 1. The van der Waals surface area contributed by atoms with E-state index in [1.54, 1.807) is 31.4 Å². The van der Waals surface area contributed by atoms with Crippen LogP contribution in [0.25, 0.3) is 0 Å². The Balaban J connectivity index is 1.33. The Morgan fingerprint density at radius 3 is 2.28 bits per heavy atom. The Morgan fingerprint density at radius 1 is 0.889 bits per heavy atom. The van der Waals surface area contributed by atoms with Crippen LogP contribution in [0.3, 0.4) is 0 Å². The maximum Gasteiger partial charge on any atom is 0.161 e. The van der Waals surface area contributed by atoms with Gasteiger partial charge in [-0.1, -0.05) is 24.3 Å². The summed E-state index contributed by atoms with van der Waals surface area (Å²) >= 11 is 0. The molecule has 7 heteroatoms. The monoisotopic (exact) mass is 499 g/mol. The third-order valence-electron chi connectivity index (χ3n) is 6.92. The summed E-state index contributed by atoms with van der Waals surface area (Å²) in [4.78, 5) is 2.39. The van der Waals surface area contributed by atoms with Gasteiger partial charge in [-0.2, -0.15) is 0 Å². The second-order valence-corrected chi connectivity index (χ2v) is 9.23. The van der Waals surface area contributed by atoms with Crippen molar-refractivity contribution in [2.45, 2.75) is 31.8 Å². The minimum Gasteiger partial charge on any atom is -0.493 e. The van der Waals surface area contributed by atoms with Crippen molar-refractivity contribution < 1.29 is 27.8 Å². The molecule has 1 heterocycles. The molecule has 0 aromatic heterocycles. The van der Waals surface area contributed by atoms with E-state index in [0.29, 0.717) is 23.7 Å². The molecule has 3 aromatic carbocycles. The van der Waals surface area contributed by atoms with E-state index in [4.69, 9.17) is 9.47 Å². The number of piperidine rings is 1. The molecule has 1 aliphatic rings. The van der Waals surface area contributed by atoms with Gasteiger partial charge in [0.1, 0.15) is 5.82 Å². The average Bonchev–Trinajstić information content (AvgIpc) is 2.90. The second-order valence-electron chi connectivity index (χ2n) is 9.23.